The molecule has 3 rings (SSSR count). The predicted molar refractivity (Wildman–Crippen MR) is 179 cm³/mol. The molecular weight excluding hydrogens is 604 g/mol. The second-order valence-electron chi connectivity index (χ2n) is 15.0. The number of nitrogens with zero attached hydrogens (tertiary/aromatic N) is 2. The van der Waals surface area contributed by atoms with E-state index in [1.165, 1.54) is 13.8 Å². The van der Waals surface area contributed by atoms with Crippen LogP contribution in [0.4, 0.5) is 0 Å². The molecule has 11 nitrogen and oxygen atoms in total. The van der Waals surface area contributed by atoms with Gasteiger partial charge in [0.15, 0.2) is 12.1 Å². The average Bonchev–Trinajstić information content (AvgIpc) is 3.00. The number of carbonyl (C=O) groups excluding carboxylic acids is 3. The first-order chi connectivity index (χ1) is 21.7. The topological polar surface area (TPSA) is 144 Å². The predicted octanol–water partition coefficient (Wildman–Crippen LogP) is 4.12. The van der Waals surface area contributed by atoms with Crippen LogP contribution in [-0.4, -0.2) is 107 Å². The molecule has 0 aromatic heterocycles. The maximum absolute atomic E-state index is 14.2. The van der Waals surface area contributed by atoms with Crippen LogP contribution in [0.5, 0.6) is 0 Å². The second kappa shape index (κ2) is 15.7. The number of ether oxygens (including phenoxy) is 4. The summed E-state index contributed by atoms with van der Waals surface area (Å²) in [4.78, 5) is 46.9. The molecule has 3 heterocycles. The summed E-state index contributed by atoms with van der Waals surface area (Å²) in [7, 11) is 3.77. The molecule has 2 bridgehead atoms. The molecule has 3 aliphatic heterocycles. The number of amides is 1. The van der Waals surface area contributed by atoms with Gasteiger partial charge in [0.25, 0.3) is 0 Å². The second-order valence-corrected chi connectivity index (χ2v) is 15.0. The van der Waals surface area contributed by atoms with Crippen molar-refractivity contribution in [2.45, 2.75) is 142 Å². The molecule has 0 aromatic rings. The standard InChI is InChI=1S/C36H60N2O9/c1-13-28-36(10,43)26-15-14-19(2)18-44-35(9,17-20(3)29(22(26)5)37-25(8)39)32(23(6)30(40)24(7)33(42)46-28)47-34-31(41)27(38(11)12)16-21(4)45-34/h20-24,26-28,31-32,34,41,43H,2,13-18H2,1,3-12H3/b37-29+/t20-,21-,22-,23+,24-,26-,27+,28-,31-,32-,34+,35-,36+/m1/s1. The monoisotopic (exact) mass is 664 g/mol. The summed E-state index contributed by atoms with van der Waals surface area (Å²) in [5.74, 6) is -4.83. The number of aliphatic hydroxyl groups is 2. The fourth-order valence-electron chi connectivity index (χ4n) is 8.11. The number of Topliss-reactive ketones (excluding diaryl/α,β-unsaturated/α-hetero) is 1. The smallest absolute Gasteiger partial charge is 0.316 e. The van der Waals surface area contributed by atoms with Crippen LogP contribution in [0.3, 0.4) is 0 Å². The SMILES string of the molecule is C=C1CC[C@@H]2[C@@H](C)/C(=N/C(C)=O)[C@H](C)C[C@@](C)(OC1)[C@H](O[C@@H]1O[C@H](C)C[C@H](N(C)C)[C@H]1O)[C@@H](C)C(=O)[C@@H](C)C(=O)O[C@H](CC)[C@@]2(C)O. The van der Waals surface area contributed by atoms with Crippen molar-refractivity contribution in [1.82, 2.24) is 4.90 Å². The number of aliphatic hydroxyl groups excluding tert-OH is 1. The summed E-state index contributed by atoms with van der Waals surface area (Å²) < 4.78 is 25.6. The van der Waals surface area contributed by atoms with E-state index in [1.807, 2.05) is 53.6 Å². The Labute approximate surface area is 281 Å². The van der Waals surface area contributed by atoms with E-state index in [9.17, 15) is 24.6 Å². The fourth-order valence-corrected chi connectivity index (χ4v) is 8.11. The molecule has 0 aromatic carbocycles. The number of likely N-dealkylation sites (N-methyl/N-ethyl adjacent to an activating group) is 1. The minimum Gasteiger partial charge on any atom is -0.459 e. The summed E-state index contributed by atoms with van der Waals surface area (Å²) in [5, 5.41) is 23.6. The normalized spacial score (nSPS) is 44.0. The number of cyclic esters (lactones) is 1. The Hall–Kier alpha value is -2.02. The summed E-state index contributed by atoms with van der Waals surface area (Å²) in [6.45, 7) is 20.2. The van der Waals surface area contributed by atoms with E-state index in [1.54, 1.807) is 13.8 Å². The highest BCUT2D eigenvalue weighted by molar-refractivity contribution is 6.00. The van der Waals surface area contributed by atoms with Gasteiger partial charge in [-0.1, -0.05) is 39.8 Å². The molecule has 3 aliphatic rings. The third-order valence-electron chi connectivity index (χ3n) is 10.9. The molecular formula is C36H60N2O9. The van der Waals surface area contributed by atoms with Gasteiger partial charge in [-0.3, -0.25) is 14.4 Å². The highest BCUT2D eigenvalue weighted by Gasteiger charge is 2.52. The third-order valence-corrected chi connectivity index (χ3v) is 10.9. The first kappa shape index (κ1) is 39.4. The molecule has 0 spiro atoms. The lowest BCUT2D eigenvalue weighted by molar-refractivity contribution is -0.296. The number of fused-ring (bicyclic) bond motifs is 5. The van der Waals surface area contributed by atoms with Gasteiger partial charge in [-0.25, -0.2) is 4.99 Å². The number of hydrogen-bond donors (Lipinski definition) is 2. The largest absolute Gasteiger partial charge is 0.459 e. The van der Waals surface area contributed by atoms with Gasteiger partial charge in [-0.05, 0) is 85.7 Å². The van der Waals surface area contributed by atoms with Crippen molar-refractivity contribution in [3.05, 3.63) is 12.2 Å². The Kier molecular flexibility index (Phi) is 13.2. The third kappa shape index (κ3) is 8.78. The van der Waals surface area contributed by atoms with Gasteiger partial charge >= 0.3 is 5.97 Å². The highest BCUT2D eigenvalue weighted by atomic mass is 16.7. The number of hydrogen-bond acceptors (Lipinski definition) is 10. The van der Waals surface area contributed by atoms with Gasteiger partial charge in [-0.2, -0.15) is 0 Å². The Morgan fingerprint density at radius 2 is 1.77 bits per heavy atom. The molecule has 11 heteroatoms. The Morgan fingerprint density at radius 1 is 1.13 bits per heavy atom. The quantitative estimate of drug-likeness (QED) is 0.256. The zero-order valence-corrected chi connectivity index (χ0v) is 30.4. The molecule has 47 heavy (non-hydrogen) atoms. The molecule has 3 fully saturated rings. The van der Waals surface area contributed by atoms with Crippen LogP contribution in [0.2, 0.25) is 0 Å². The lowest BCUT2D eigenvalue weighted by Crippen LogP contribution is -2.59. The zero-order chi connectivity index (χ0) is 35.6. The molecule has 3 saturated heterocycles. The van der Waals surface area contributed by atoms with Crippen LogP contribution >= 0.6 is 0 Å². The lowest BCUT2D eigenvalue weighted by Gasteiger charge is -2.47. The van der Waals surface area contributed by atoms with Crippen LogP contribution in [0.15, 0.2) is 17.1 Å². The van der Waals surface area contributed by atoms with E-state index in [-0.39, 0.29) is 37.0 Å². The van der Waals surface area contributed by atoms with Gasteiger partial charge in [0, 0.05) is 30.5 Å². The summed E-state index contributed by atoms with van der Waals surface area (Å²) in [6, 6.07) is -0.256. The molecule has 1 amide bonds. The Balaban J connectivity index is 2.29. The number of ketones is 1. The zero-order valence-electron chi connectivity index (χ0n) is 30.4. The maximum atomic E-state index is 14.2. The summed E-state index contributed by atoms with van der Waals surface area (Å²) in [6.07, 6.45) is -2.12. The molecule has 0 saturated carbocycles. The lowest BCUT2D eigenvalue weighted by atomic mass is 9.68. The van der Waals surface area contributed by atoms with E-state index in [0.29, 0.717) is 31.4 Å². The first-order valence-electron chi connectivity index (χ1n) is 17.3. The van der Waals surface area contributed by atoms with E-state index in [4.69, 9.17) is 18.9 Å². The number of rotatable bonds is 4. The fraction of sp³-hybridized carbons (Fsp3) is 0.833. The highest BCUT2D eigenvalue weighted by Crippen LogP contribution is 2.43. The van der Waals surface area contributed by atoms with Crippen LogP contribution in [-0.2, 0) is 33.3 Å². The molecule has 0 radical (unpaired) electrons. The van der Waals surface area contributed by atoms with E-state index in [2.05, 4.69) is 11.6 Å². The van der Waals surface area contributed by atoms with E-state index >= 15 is 0 Å². The van der Waals surface area contributed by atoms with Crippen LogP contribution in [0.1, 0.15) is 94.4 Å². The molecule has 2 N–H and O–H groups in total. The van der Waals surface area contributed by atoms with Gasteiger partial charge in [0.1, 0.15) is 23.7 Å². The molecule has 13 atom stereocenters. The van der Waals surface area contributed by atoms with Gasteiger partial charge in [0.2, 0.25) is 5.91 Å². The molecule has 268 valence electrons. The van der Waals surface area contributed by atoms with Gasteiger partial charge in [-0.15, -0.1) is 0 Å². The van der Waals surface area contributed by atoms with E-state index in [0.717, 1.165) is 5.57 Å². The van der Waals surface area contributed by atoms with Crippen molar-refractivity contribution in [3.63, 3.8) is 0 Å². The minimum atomic E-state index is -1.52. The van der Waals surface area contributed by atoms with Gasteiger partial charge < -0.3 is 34.1 Å². The Morgan fingerprint density at radius 3 is 2.34 bits per heavy atom. The number of esters is 1. The van der Waals surface area contributed by atoms with E-state index < -0.39 is 71.2 Å². The van der Waals surface area contributed by atoms with Gasteiger partial charge in [0.05, 0.1) is 24.4 Å². The minimum absolute atomic E-state index is 0.152. The Bertz CT molecular complexity index is 1180. The molecule has 0 aliphatic carbocycles. The van der Waals surface area contributed by atoms with Crippen molar-refractivity contribution in [1.29, 1.82) is 0 Å². The number of carbonyl (C=O) groups is 3. The van der Waals surface area contributed by atoms with Crippen molar-refractivity contribution in [2.75, 3.05) is 20.7 Å². The summed E-state index contributed by atoms with van der Waals surface area (Å²) in [5.41, 5.74) is -1.35. The maximum Gasteiger partial charge on any atom is 0.316 e. The van der Waals surface area contributed by atoms with Crippen LogP contribution in [0, 0.1) is 29.6 Å². The number of aliphatic imine (C=N–C) groups is 1. The van der Waals surface area contributed by atoms with Crippen molar-refractivity contribution >= 4 is 23.4 Å². The first-order valence-corrected chi connectivity index (χ1v) is 17.3. The van der Waals surface area contributed by atoms with Crippen LogP contribution in [0.25, 0.3) is 0 Å². The van der Waals surface area contributed by atoms with Crippen molar-refractivity contribution in [2.24, 2.45) is 34.6 Å². The van der Waals surface area contributed by atoms with Crippen LogP contribution < -0.4 is 0 Å². The van der Waals surface area contributed by atoms with Crippen molar-refractivity contribution in [3.8, 4) is 0 Å². The average molecular weight is 665 g/mol. The summed E-state index contributed by atoms with van der Waals surface area (Å²) >= 11 is 0. The van der Waals surface area contributed by atoms with Crippen molar-refractivity contribution < 1.29 is 43.5 Å². The molecule has 0 unspecified atom stereocenters.